The standard InChI is InChI=1S/C24H21N3O3S/c1-31-14-15-5-7-16(8-6-15)24(28)25-18-4-2-3-17(11-18)23-26-19-12-21-22(13-20(19)27-23)30-10-9-29-21/h2-8,11-13H,9-10,14H2,1H3,(H,25,28)(H,26,27). The molecule has 0 saturated carbocycles. The topological polar surface area (TPSA) is 76.2 Å². The van der Waals surface area contributed by atoms with Crippen molar-refractivity contribution < 1.29 is 14.3 Å². The van der Waals surface area contributed by atoms with Gasteiger partial charge in [-0.2, -0.15) is 11.8 Å². The van der Waals surface area contributed by atoms with E-state index in [4.69, 9.17) is 14.5 Å². The third-order valence-corrected chi connectivity index (χ3v) is 5.69. The highest BCUT2D eigenvalue weighted by Gasteiger charge is 2.16. The van der Waals surface area contributed by atoms with E-state index in [1.54, 1.807) is 11.8 Å². The fourth-order valence-corrected chi connectivity index (χ4v) is 4.08. The zero-order valence-electron chi connectivity index (χ0n) is 17.0. The maximum atomic E-state index is 12.7. The van der Waals surface area contributed by atoms with Gasteiger partial charge in [0.05, 0.1) is 11.0 Å². The molecule has 3 aromatic carbocycles. The van der Waals surface area contributed by atoms with E-state index >= 15 is 0 Å². The summed E-state index contributed by atoms with van der Waals surface area (Å²) in [6, 6.07) is 19.1. The lowest BCUT2D eigenvalue weighted by molar-refractivity contribution is 0.102. The number of carbonyl (C=O) groups is 1. The van der Waals surface area contributed by atoms with Gasteiger partial charge in [-0.3, -0.25) is 4.79 Å². The van der Waals surface area contributed by atoms with Crippen LogP contribution < -0.4 is 14.8 Å². The zero-order valence-corrected chi connectivity index (χ0v) is 17.8. The van der Waals surface area contributed by atoms with Gasteiger partial charge in [0, 0.05) is 34.7 Å². The molecule has 0 unspecified atom stereocenters. The number of benzene rings is 3. The predicted octanol–water partition coefficient (Wildman–Crippen LogP) is 5.12. The molecule has 0 bridgehead atoms. The number of amides is 1. The summed E-state index contributed by atoms with van der Waals surface area (Å²) in [5.41, 5.74) is 5.10. The van der Waals surface area contributed by atoms with Crippen LogP contribution in [0.2, 0.25) is 0 Å². The van der Waals surface area contributed by atoms with Crippen molar-refractivity contribution in [2.75, 3.05) is 24.8 Å². The van der Waals surface area contributed by atoms with Crippen molar-refractivity contribution in [3.8, 4) is 22.9 Å². The molecule has 7 heteroatoms. The Labute approximate surface area is 184 Å². The van der Waals surface area contributed by atoms with E-state index in [-0.39, 0.29) is 5.91 Å². The zero-order chi connectivity index (χ0) is 21.2. The molecular formula is C24H21N3O3S. The van der Waals surface area contributed by atoms with Crippen molar-refractivity contribution in [2.24, 2.45) is 0 Å². The molecule has 31 heavy (non-hydrogen) atoms. The third kappa shape index (κ3) is 4.09. The summed E-state index contributed by atoms with van der Waals surface area (Å²) in [7, 11) is 0. The molecule has 0 spiro atoms. The lowest BCUT2D eigenvalue weighted by atomic mass is 10.1. The van der Waals surface area contributed by atoms with Gasteiger partial charge in [0.25, 0.3) is 5.91 Å². The van der Waals surface area contributed by atoms with Crippen molar-refractivity contribution in [3.05, 3.63) is 71.8 Å². The highest BCUT2D eigenvalue weighted by molar-refractivity contribution is 7.97. The molecule has 0 aliphatic carbocycles. The molecule has 1 amide bonds. The minimum Gasteiger partial charge on any atom is -0.486 e. The Morgan fingerprint density at radius 2 is 1.84 bits per heavy atom. The third-order valence-electron chi connectivity index (χ3n) is 5.07. The van der Waals surface area contributed by atoms with E-state index in [9.17, 15) is 4.79 Å². The van der Waals surface area contributed by atoms with Crippen LogP contribution in [0.5, 0.6) is 11.5 Å². The SMILES string of the molecule is CSCc1ccc(C(=O)Nc2cccc(-c3nc4cc5c(cc4[nH]3)OCCO5)c2)cc1. The number of nitrogens with zero attached hydrogens (tertiary/aromatic N) is 1. The van der Waals surface area contributed by atoms with E-state index in [2.05, 4.69) is 16.6 Å². The van der Waals surface area contributed by atoms with E-state index < -0.39 is 0 Å². The number of anilines is 1. The van der Waals surface area contributed by atoms with Gasteiger partial charge in [-0.25, -0.2) is 4.98 Å². The number of ether oxygens (including phenoxy) is 2. The Balaban J connectivity index is 1.38. The smallest absolute Gasteiger partial charge is 0.255 e. The second-order valence-corrected chi connectivity index (χ2v) is 8.13. The average molecular weight is 432 g/mol. The van der Waals surface area contributed by atoms with Crippen LogP contribution >= 0.6 is 11.8 Å². The van der Waals surface area contributed by atoms with E-state index in [0.29, 0.717) is 30.2 Å². The number of hydrogen-bond acceptors (Lipinski definition) is 5. The van der Waals surface area contributed by atoms with Gasteiger partial charge < -0.3 is 19.8 Å². The molecule has 1 aromatic heterocycles. The van der Waals surface area contributed by atoms with Crippen LogP contribution in [-0.4, -0.2) is 35.3 Å². The van der Waals surface area contributed by atoms with E-state index in [0.717, 1.165) is 33.9 Å². The van der Waals surface area contributed by atoms with Crippen molar-refractivity contribution in [3.63, 3.8) is 0 Å². The molecule has 2 heterocycles. The van der Waals surface area contributed by atoms with Crippen molar-refractivity contribution in [2.45, 2.75) is 5.75 Å². The molecule has 0 radical (unpaired) electrons. The number of thioether (sulfide) groups is 1. The number of rotatable bonds is 5. The number of hydrogen-bond donors (Lipinski definition) is 2. The summed E-state index contributed by atoms with van der Waals surface area (Å²) in [4.78, 5) is 20.7. The highest BCUT2D eigenvalue weighted by atomic mass is 32.2. The molecular weight excluding hydrogens is 410 g/mol. The molecule has 0 atom stereocenters. The first kappa shape index (κ1) is 19.5. The molecule has 1 aliphatic rings. The number of nitrogens with one attached hydrogen (secondary N) is 2. The Morgan fingerprint density at radius 3 is 2.61 bits per heavy atom. The summed E-state index contributed by atoms with van der Waals surface area (Å²) >= 11 is 1.76. The number of H-pyrrole nitrogens is 1. The molecule has 156 valence electrons. The molecule has 0 fully saturated rings. The minimum atomic E-state index is -0.139. The molecule has 5 rings (SSSR count). The first-order valence-corrected chi connectivity index (χ1v) is 11.4. The van der Waals surface area contributed by atoms with Crippen molar-refractivity contribution in [1.82, 2.24) is 9.97 Å². The van der Waals surface area contributed by atoms with Crippen LogP contribution in [-0.2, 0) is 5.75 Å². The van der Waals surface area contributed by atoms with Gasteiger partial charge in [0.2, 0.25) is 0 Å². The van der Waals surface area contributed by atoms with Gasteiger partial charge in [-0.1, -0.05) is 24.3 Å². The Morgan fingerprint density at radius 1 is 1.06 bits per heavy atom. The lowest BCUT2D eigenvalue weighted by Crippen LogP contribution is -2.15. The number of fused-ring (bicyclic) bond motifs is 2. The summed E-state index contributed by atoms with van der Waals surface area (Å²) in [6.07, 6.45) is 2.06. The van der Waals surface area contributed by atoms with Gasteiger partial charge >= 0.3 is 0 Å². The lowest BCUT2D eigenvalue weighted by Gasteiger charge is -2.17. The van der Waals surface area contributed by atoms with Crippen LogP contribution in [0.25, 0.3) is 22.4 Å². The van der Waals surface area contributed by atoms with Gasteiger partial charge in [0.1, 0.15) is 19.0 Å². The van der Waals surface area contributed by atoms with Crippen LogP contribution in [0.15, 0.2) is 60.7 Å². The van der Waals surface area contributed by atoms with Crippen molar-refractivity contribution >= 4 is 34.4 Å². The molecule has 6 nitrogen and oxygen atoms in total. The van der Waals surface area contributed by atoms with Crippen LogP contribution in [0.3, 0.4) is 0 Å². The maximum Gasteiger partial charge on any atom is 0.255 e. The predicted molar refractivity (Wildman–Crippen MR) is 124 cm³/mol. The number of aromatic amines is 1. The van der Waals surface area contributed by atoms with E-state index in [1.807, 2.05) is 60.7 Å². The number of carbonyl (C=O) groups excluding carboxylic acids is 1. The fraction of sp³-hybridized carbons (Fsp3) is 0.167. The maximum absolute atomic E-state index is 12.7. The summed E-state index contributed by atoms with van der Waals surface area (Å²) in [6.45, 7) is 1.08. The molecule has 0 saturated heterocycles. The van der Waals surface area contributed by atoms with Gasteiger partial charge in [-0.15, -0.1) is 0 Å². The Kier molecular flexibility index (Phi) is 5.26. The normalized spacial score (nSPS) is 12.7. The second kappa shape index (κ2) is 8.35. The van der Waals surface area contributed by atoms with Crippen LogP contribution in [0.1, 0.15) is 15.9 Å². The van der Waals surface area contributed by atoms with Crippen LogP contribution in [0.4, 0.5) is 5.69 Å². The van der Waals surface area contributed by atoms with E-state index in [1.165, 1.54) is 5.56 Å². The average Bonchev–Trinajstić information content (AvgIpc) is 3.21. The monoisotopic (exact) mass is 431 g/mol. The van der Waals surface area contributed by atoms with Gasteiger partial charge in [-0.05, 0) is 36.1 Å². The molecule has 4 aromatic rings. The molecule has 1 aliphatic heterocycles. The Hall–Kier alpha value is -3.45. The highest BCUT2D eigenvalue weighted by Crippen LogP contribution is 2.35. The van der Waals surface area contributed by atoms with Crippen molar-refractivity contribution in [1.29, 1.82) is 0 Å². The Bertz CT molecular complexity index is 1210. The number of aromatic nitrogens is 2. The van der Waals surface area contributed by atoms with Crippen LogP contribution in [0, 0.1) is 0 Å². The molecule has 2 N–H and O–H groups in total. The summed E-state index contributed by atoms with van der Waals surface area (Å²) < 4.78 is 11.3. The van der Waals surface area contributed by atoms with Gasteiger partial charge in [0.15, 0.2) is 11.5 Å². The second-order valence-electron chi connectivity index (χ2n) is 7.26. The summed E-state index contributed by atoms with van der Waals surface area (Å²) in [5, 5.41) is 2.97. The largest absolute Gasteiger partial charge is 0.486 e. The first-order chi connectivity index (χ1) is 15.2. The fourth-order valence-electron chi connectivity index (χ4n) is 3.55. The summed E-state index contributed by atoms with van der Waals surface area (Å²) in [5.74, 6) is 2.94. The number of imidazole rings is 1. The minimum absolute atomic E-state index is 0.139. The first-order valence-electron chi connectivity index (χ1n) is 9.98. The quantitative estimate of drug-likeness (QED) is 0.459.